The highest BCUT2D eigenvalue weighted by Crippen LogP contribution is 2.29. The third kappa shape index (κ3) is 2.60. The SMILES string of the molecule is CC1(CN)CCN(Cc2ccc(F)cc2)C1. The van der Waals surface area contributed by atoms with Crippen molar-refractivity contribution in [2.45, 2.75) is 19.9 Å². The summed E-state index contributed by atoms with van der Waals surface area (Å²) in [6, 6.07) is 6.75. The molecule has 1 aliphatic heterocycles. The van der Waals surface area contributed by atoms with Crippen LogP contribution in [0.5, 0.6) is 0 Å². The molecular formula is C13H19FN2. The Morgan fingerprint density at radius 1 is 1.38 bits per heavy atom. The molecule has 1 saturated heterocycles. The number of hydrogen-bond donors (Lipinski definition) is 1. The quantitative estimate of drug-likeness (QED) is 0.847. The minimum absolute atomic E-state index is 0.169. The highest BCUT2D eigenvalue weighted by molar-refractivity contribution is 5.16. The summed E-state index contributed by atoms with van der Waals surface area (Å²) >= 11 is 0. The highest BCUT2D eigenvalue weighted by atomic mass is 19.1. The van der Waals surface area contributed by atoms with Gasteiger partial charge in [0.15, 0.2) is 0 Å². The van der Waals surface area contributed by atoms with Gasteiger partial charge < -0.3 is 5.73 Å². The van der Waals surface area contributed by atoms with E-state index < -0.39 is 0 Å². The Hall–Kier alpha value is -0.930. The van der Waals surface area contributed by atoms with E-state index in [0.717, 1.165) is 32.6 Å². The Labute approximate surface area is 96.2 Å². The van der Waals surface area contributed by atoms with E-state index in [0.29, 0.717) is 0 Å². The second kappa shape index (κ2) is 4.52. The molecule has 0 aliphatic carbocycles. The summed E-state index contributed by atoms with van der Waals surface area (Å²) in [6.45, 7) is 6.01. The first-order valence-corrected chi connectivity index (χ1v) is 5.78. The standard InChI is InChI=1S/C13H19FN2/c1-13(9-15)6-7-16(10-13)8-11-2-4-12(14)5-3-11/h2-5H,6-10,15H2,1H3. The summed E-state index contributed by atoms with van der Waals surface area (Å²) in [7, 11) is 0. The summed E-state index contributed by atoms with van der Waals surface area (Å²) in [5.41, 5.74) is 7.20. The van der Waals surface area contributed by atoms with Crippen molar-refractivity contribution in [3.05, 3.63) is 35.6 Å². The summed E-state index contributed by atoms with van der Waals surface area (Å²) in [5.74, 6) is -0.169. The molecule has 2 N–H and O–H groups in total. The van der Waals surface area contributed by atoms with Crippen LogP contribution >= 0.6 is 0 Å². The van der Waals surface area contributed by atoms with Crippen LogP contribution in [0.25, 0.3) is 0 Å². The van der Waals surface area contributed by atoms with Crippen LogP contribution in [0.4, 0.5) is 4.39 Å². The zero-order valence-electron chi connectivity index (χ0n) is 9.75. The number of rotatable bonds is 3. The fourth-order valence-corrected chi connectivity index (χ4v) is 2.28. The molecule has 1 aromatic carbocycles. The maximum atomic E-state index is 12.7. The molecule has 0 aromatic heterocycles. The van der Waals surface area contributed by atoms with Crippen LogP contribution in [0.3, 0.4) is 0 Å². The topological polar surface area (TPSA) is 29.3 Å². The van der Waals surface area contributed by atoms with E-state index in [2.05, 4.69) is 11.8 Å². The first kappa shape index (κ1) is 11.6. The van der Waals surface area contributed by atoms with Crippen LogP contribution in [0, 0.1) is 11.2 Å². The van der Waals surface area contributed by atoms with Gasteiger partial charge in [0, 0.05) is 13.1 Å². The first-order valence-electron chi connectivity index (χ1n) is 5.78. The third-order valence-corrected chi connectivity index (χ3v) is 3.45. The van der Waals surface area contributed by atoms with E-state index in [1.54, 1.807) is 0 Å². The molecule has 1 unspecified atom stereocenters. The Morgan fingerprint density at radius 2 is 2.06 bits per heavy atom. The maximum absolute atomic E-state index is 12.7. The smallest absolute Gasteiger partial charge is 0.123 e. The number of halogens is 1. The molecule has 88 valence electrons. The maximum Gasteiger partial charge on any atom is 0.123 e. The van der Waals surface area contributed by atoms with Crippen LogP contribution in [0.1, 0.15) is 18.9 Å². The zero-order valence-corrected chi connectivity index (χ0v) is 9.75. The summed E-state index contributed by atoms with van der Waals surface area (Å²) < 4.78 is 12.7. The monoisotopic (exact) mass is 222 g/mol. The minimum atomic E-state index is -0.169. The van der Waals surface area contributed by atoms with Gasteiger partial charge in [-0.3, -0.25) is 4.90 Å². The van der Waals surface area contributed by atoms with Crippen molar-refractivity contribution in [1.82, 2.24) is 4.90 Å². The van der Waals surface area contributed by atoms with Crippen molar-refractivity contribution >= 4 is 0 Å². The predicted octanol–water partition coefficient (Wildman–Crippen LogP) is 2.00. The van der Waals surface area contributed by atoms with E-state index in [4.69, 9.17) is 5.73 Å². The molecule has 16 heavy (non-hydrogen) atoms. The number of nitrogens with two attached hydrogens (primary N) is 1. The minimum Gasteiger partial charge on any atom is -0.330 e. The molecule has 0 saturated carbocycles. The number of benzene rings is 1. The molecule has 0 radical (unpaired) electrons. The molecule has 3 heteroatoms. The molecule has 1 heterocycles. The lowest BCUT2D eigenvalue weighted by atomic mass is 9.90. The molecule has 0 spiro atoms. The van der Waals surface area contributed by atoms with Crippen LogP contribution in [0.2, 0.25) is 0 Å². The van der Waals surface area contributed by atoms with E-state index >= 15 is 0 Å². The van der Waals surface area contributed by atoms with Gasteiger partial charge in [-0.15, -0.1) is 0 Å². The molecule has 0 bridgehead atoms. The van der Waals surface area contributed by atoms with Gasteiger partial charge in [-0.2, -0.15) is 0 Å². The fourth-order valence-electron chi connectivity index (χ4n) is 2.28. The van der Waals surface area contributed by atoms with Crippen LogP contribution in [0.15, 0.2) is 24.3 Å². The molecule has 1 fully saturated rings. The Kier molecular flexibility index (Phi) is 3.26. The van der Waals surface area contributed by atoms with E-state index in [9.17, 15) is 4.39 Å². The normalized spacial score (nSPS) is 26.2. The fraction of sp³-hybridized carbons (Fsp3) is 0.538. The van der Waals surface area contributed by atoms with Crippen LogP contribution < -0.4 is 5.73 Å². The second-order valence-electron chi connectivity index (χ2n) is 5.10. The van der Waals surface area contributed by atoms with E-state index in [1.807, 2.05) is 12.1 Å². The van der Waals surface area contributed by atoms with Crippen LogP contribution in [-0.4, -0.2) is 24.5 Å². The molecule has 1 aliphatic rings. The van der Waals surface area contributed by atoms with Crippen LogP contribution in [-0.2, 0) is 6.54 Å². The van der Waals surface area contributed by atoms with Crippen molar-refractivity contribution in [1.29, 1.82) is 0 Å². The van der Waals surface area contributed by atoms with Gasteiger partial charge in [0.2, 0.25) is 0 Å². The van der Waals surface area contributed by atoms with Gasteiger partial charge in [-0.25, -0.2) is 4.39 Å². The number of likely N-dealkylation sites (tertiary alicyclic amines) is 1. The highest BCUT2D eigenvalue weighted by Gasteiger charge is 2.32. The lowest BCUT2D eigenvalue weighted by Crippen LogP contribution is -2.31. The molecule has 2 nitrogen and oxygen atoms in total. The third-order valence-electron chi connectivity index (χ3n) is 3.45. The van der Waals surface area contributed by atoms with Gasteiger partial charge in [-0.1, -0.05) is 19.1 Å². The van der Waals surface area contributed by atoms with Gasteiger partial charge in [0.1, 0.15) is 5.82 Å². The van der Waals surface area contributed by atoms with Gasteiger partial charge in [0.05, 0.1) is 0 Å². The number of hydrogen-bond acceptors (Lipinski definition) is 2. The number of nitrogens with zero attached hydrogens (tertiary/aromatic N) is 1. The molecule has 1 aromatic rings. The lowest BCUT2D eigenvalue weighted by molar-refractivity contribution is 0.274. The molecular weight excluding hydrogens is 203 g/mol. The second-order valence-corrected chi connectivity index (χ2v) is 5.10. The zero-order chi connectivity index (χ0) is 11.6. The van der Waals surface area contributed by atoms with E-state index in [1.165, 1.54) is 17.7 Å². The molecule has 2 rings (SSSR count). The Balaban J connectivity index is 1.94. The van der Waals surface area contributed by atoms with Crippen molar-refractivity contribution in [3.63, 3.8) is 0 Å². The Morgan fingerprint density at radius 3 is 2.62 bits per heavy atom. The van der Waals surface area contributed by atoms with Gasteiger partial charge >= 0.3 is 0 Å². The van der Waals surface area contributed by atoms with Crippen molar-refractivity contribution in [3.8, 4) is 0 Å². The Bertz CT molecular complexity index is 349. The average Bonchev–Trinajstić information content (AvgIpc) is 2.65. The van der Waals surface area contributed by atoms with Gasteiger partial charge in [0.25, 0.3) is 0 Å². The van der Waals surface area contributed by atoms with E-state index in [-0.39, 0.29) is 11.2 Å². The summed E-state index contributed by atoms with van der Waals surface area (Å²) in [4.78, 5) is 2.39. The van der Waals surface area contributed by atoms with Gasteiger partial charge in [-0.05, 0) is 42.6 Å². The molecule has 0 amide bonds. The predicted molar refractivity (Wildman–Crippen MR) is 63.5 cm³/mol. The molecule has 1 atom stereocenters. The van der Waals surface area contributed by atoms with Crippen molar-refractivity contribution < 1.29 is 4.39 Å². The van der Waals surface area contributed by atoms with Crippen molar-refractivity contribution in [2.24, 2.45) is 11.1 Å². The largest absolute Gasteiger partial charge is 0.330 e. The van der Waals surface area contributed by atoms with Crippen molar-refractivity contribution in [2.75, 3.05) is 19.6 Å². The summed E-state index contributed by atoms with van der Waals surface area (Å²) in [6.07, 6.45) is 1.16. The average molecular weight is 222 g/mol. The summed E-state index contributed by atoms with van der Waals surface area (Å²) in [5, 5.41) is 0. The lowest BCUT2D eigenvalue weighted by Gasteiger charge is -2.22. The first-order chi connectivity index (χ1) is 7.61.